The topological polar surface area (TPSA) is 91.3 Å². The Morgan fingerprint density at radius 1 is 0.720 bits per heavy atom. The number of hydrogen-bond acceptors (Lipinski definition) is 7. The van der Waals surface area contributed by atoms with E-state index in [0.717, 1.165) is 0 Å². The maximum atomic E-state index is 12.4. The van der Waals surface area contributed by atoms with E-state index in [1.54, 1.807) is 27.7 Å². The van der Waals surface area contributed by atoms with Crippen molar-refractivity contribution in [3.05, 3.63) is 0 Å². The van der Waals surface area contributed by atoms with Crippen LogP contribution in [0.15, 0.2) is 0 Å². The standard InChI is InChI=1S/C16H36O7P2/c1-5-20-24(18,21-6-2)13-9-11-16(15-17)12-10-14-25(19,22-7-3)23-8-4/h16-17H,5-15H2,1-4H3. The van der Waals surface area contributed by atoms with E-state index in [4.69, 9.17) is 18.1 Å². The lowest BCUT2D eigenvalue weighted by atomic mass is 10.00. The van der Waals surface area contributed by atoms with Gasteiger partial charge in [-0.1, -0.05) is 0 Å². The van der Waals surface area contributed by atoms with E-state index >= 15 is 0 Å². The third kappa shape index (κ3) is 11.6. The van der Waals surface area contributed by atoms with Crippen LogP contribution in [0.3, 0.4) is 0 Å². The first-order valence-corrected chi connectivity index (χ1v) is 12.7. The fraction of sp³-hybridized carbons (Fsp3) is 1.00. The number of hydrogen-bond donors (Lipinski definition) is 1. The van der Waals surface area contributed by atoms with Gasteiger partial charge < -0.3 is 23.2 Å². The first-order chi connectivity index (χ1) is 11.9. The van der Waals surface area contributed by atoms with Crippen molar-refractivity contribution in [3.8, 4) is 0 Å². The molecule has 25 heavy (non-hydrogen) atoms. The second-order valence-corrected chi connectivity index (χ2v) is 10.0. The van der Waals surface area contributed by atoms with Crippen LogP contribution in [0.1, 0.15) is 53.4 Å². The second-order valence-electron chi connectivity index (χ2n) is 5.67. The summed E-state index contributed by atoms with van der Waals surface area (Å²) >= 11 is 0. The van der Waals surface area contributed by atoms with Gasteiger partial charge in [0.05, 0.1) is 38.8 Å². The van der Waals surface area contributed by atoms with Crippen molar-refractivity contribution < 1.29 is 32.3 Å². The van der Waals surface area contributed by atoms with Gasteiger partial charge >= 0.3 is 15.2 Å². The van der Waals surface area contributed by atoms with Gasteiger partial charge in [-0.15, -0.1) is 0 Å². The molecule has 0 spiro atoms. The molecule has 0 aliphatic rings. The van der Waals surface area contributed by atoms with E-state index in [2.05, 4.69) is 0 Å². The minimum atomic E-state index is -3.02. The molecule has 0 unspecified atom stereocenters. The lowest BCUT2D eigenvalue weighted by Crippen LogP contribution is -2.10. The highest BCUT2D eigenvalue weighted by Gasteiger charge is 2.25. The molecule has 0 radical (unpaired) electrons. The number of aliphatic hydroxyl groups excluding tert-OH is 1. The van der Waals surface area contributed by atoms with E-state index in [9.17, 15) is 14.2 Å². The third-order valence-corrected chi connectivity index (χ3v) is 7.98. The highest BCUT2D eigenvalue weighted by Crippen LogP contribution is 2.50. The van der Waals surface area contributed by atoms with E-state index < -0.39 is 15.2 Å². The van der Waals surface area contributed by atoms with Crippen LogP contribution in [-0.2, 0) is 27.2 Å². The van der Waals surface area contributed by atoms with Crippen molar-refractivity contribution in [1.29, 1.82) is 0 Å². The van der Waals surface area contributed by atoms with Crippen molar-refractivity contribution >= 4 is 15.2 Å². The maximum Gasteiger partial charge on any atom is 0.330 e. The fourth-order valence-corrected chi connectivity index (χ4v) is 5.97. The number of rotatable bonds is 17. The van der Waals surface area contributed by atoms with Gasteiger partial charge in [0, 0.05) is 6.61 Å². The molecular weight excluding hydrogens is 366 g/mol. The molecule has 0 aliphatic heterocycles. The molecule has 0 bridgehead atoms. The average Bonchev–Trinajstić information content (AvgIpc) is 2.54. The first kappa shape index (κ1) is 25.3. The summed E-state index contributed by atoms with van der Waals surface area (Å²) in [6.45, 7) is 8.61. The lowest BCUT2D eigenvalue weighted by Gasteiger charge is -2.20. The maximum absolute atomic E-state index is 12.4. The Labute approximate surface area is 152 Å². The summed E-state index contributed by atoms with van der Waals surface area (Å²) in [4.78, 5) is 0. The summed E-state index contributed by atoms with van der Waals surface area (Å²) in [6, 6.07) is 0. The molecule has 1 N–H and O–H groups in total. The van der Waals surface area contributed by atoms with Crippen LogP contribution < -0.4 is 0 Å². The van der Waals surface area contributed by atoms with Crippen LogP contribution in [0, 0.1) is 5.92 Å². The molecule has 9 heteroatoms. The average molecular weight is 402 g/mol. The molecular formula is C16H36O7P2. The molecule has 152 valence electrons. The Morgan fingerprint density at radius 2 is 1.04 bits per heavy atom. The summed E-state index contributed by atoms with van der Waals surface area (Å²) in [5, 5.41) is 9.54. The molecule has 0 fully saturated rings. The van der Waals surface area contributed by atoms with Crippen molar-refractivity contribution in [2.75, 3.05) is 45.4 Å². The zero-order valence-corrected chi connectivity index (χ0v) is 17.9. The molecule has 7 nitrogen and oxygen atoms in total. The van der Waals surface area contributed by atoms with E-state index in [1.807, 2.05) is 0 Å². The monoisotopic (exact) mass is 402 g/mol. The lowest BCUT2D eigenvalue weighted by molar-refractivity contribution is 0.199. The van der Waals surface area contributed by atoms with E-state index in [0.29, 0.717) is 64.4 Å². The van der Waals surface area contributed by atoms with Gasteiger partial charge in [-0.2, -0.15) is 0 Å². The SMILES string of the molecule is CCOP(=O)(CCCC(CO)CCCP(=O)(OCC)OCC)OCC. The largest absolute Gasteiger partial charge is 0.396 e. The second kappa shape index (κ2) is 14.3. The predicted octanol–water partition coefficient (Wildman–Crippen LogP) is 4.69. The molecule has 0 aliphatic carbocycles. The van der Waals surface area contributed by atoms with Gasteiger partial charge in [-0.3, -0.25) is 9.13 Å². The van der Waals surface area contributed by atoms with Crippen LogP contribution in [0.25, 0.3) is 0 Å². The third-order valence-electron chi connectivity index (χ3n) is 3.65. The normalized spacial score (nSPS) is 12.9. The minimum absolute atomic E-state index is 0.0428. The smallest absolute Gasteiger partial charge is 0.330 e. The van der Waals surface area contributed by atoms with Gasteiger partial charge in [0.1, 0.15) is 0 Å². The minimum Gasteiger partial charge on any atom is -0.396 e. The molecule has 0 aromatic carbocycles. The van der Waals surface area contributed by atoms with Gasteiger partial charge in [-0.25, -0.2) is 0 Å². The summed E-state index contributed by atoms with van der Waals surface area (Å²) in [5.74, 6) is 0.0633. The zero-order chi connectivity index (χ0) is 19.2. The van der Waals surface area contributed by atoms with Crippen molar-refractivity contribution in [2.45, 2.75) is 53.4 Å². The van der Waals surface area contributed by atoms with Gasteiger partial charge in [0.2, 0.25) is 0 Å². The van der Waals surface area contributed by atoms with Crippen molar-refractivity contribution in [2.24, 2.45) is 5.92 Å². The van der Waals surface area contributed by atoms with E-state index in [1.165, 1.54) is 0 Å². The Balaban J connectivity index is 4.29. The quantitative estimate of drug-likeness (QED) is 0.353. The molecule has 0 aromatic rings. The molecule has 0 rings (SSSR count). The predicted molar refractivity (Wildman–Crippen MR) is 100 cm³/mol. The Morgan fingerprint density at radius 3 is 1.28 bits per heavy atom. The van der Waals surface area contributed by atoms with Crippen molar-refractivity contribution in [3.63, 3.8) is 0 Å². The van der Waals surface area contributed by atoms with Gasteiger partial charge in [-0.05, 0) is 59.3 Å². The summed E-state index contributed by atoms with van der Waals surface area (Å²) < 4.78 is 45.9. The molecule has 0 saturated carbocycles. The summed E-state index contributed by atoms with van der Waals surface area (Å²) in [7, 11) is -6.05. The van der Waals surface area contributed by atoms with Crippen LogP contribution >= 0.6 is 15.2 Å². The highest BCUT2D eigenvalue weighted by atomic mass is 31.2. The molecule has 0 saturated heterocycles. The van der Waals surface area contributed by atoms with E-state index in [-0.39, 0.29) is 12.5 Å². The zero-order valence-electron chi connectivity index (χ0n) is 16.1. The molecule has 0 atom stereocenters. The van der Waals surface area contributed by atoms with Crippen LogP contribution in [-0.4, -0.2) is 50.5 Å². The summed E-state index contributed by atoms with van der Waals surface area (Å²) in [5.41, 5.74) is 0. The first-order valence-electron chi connectivity index (χ1n) is 9.25. The molecule has 0 amide bonds. The Kier molecular flexibility index (Phi) is 14.5. The Hall–Kier alpha value is 0.260. The fourth-order valence-electron chi connectivity index (χ4n) is 2.59. The van der Waals surface area contributed by atoms with Gasteiger partial charge in [0.15, 0.2) is 0 Å². The highest BCUT2D eigenvalue weighted by molar-refractivity contribution is 7.54. The molecule has 0 aromatic heterocycles. The summed E-state index contributed by atoms with van der Waals surface area (Å²) in [6.07, 6.45) is 3.43. The van der Waals surface area contributed by atoms with Crippen LogP contribution in [0.2, 0.25) is 0 Å². The van der Waals surface area contributed by atoms with Crippen LogP contribution in [0.5, 0.6) is 0 Å². The van der Waals surface area contributed by atoms with Crippen molar-refractivity contribution in [1.82, 2.24) is 0 Å². The van der Waals surface area contributed by atoms with Crippen LogP contribution in [0.4, 0.5) is 0 Å². The van der Waals surface area contributed by atoms with Gasteiger partial charge in [0.25, 0.3) is 0 Å². The number of aliphatic hydroxyl groups is 1. The Bertz CT molecular complexity index is 361. The molecule has 0 heterocycles.